The standard InChI is InChI=1S/C30H31N3O4/c1-16-9-10-18(3)24(13-16)31-30(35)29-20(5)27-23(7-6-8-25(27)37-29)32-33-26(34)14-21-15-36-28-19(4)17(2)11-12-22(21)28/h9-13,15H,6-8,14H2,1-5H3,(H,31,35)(H,33,34)/b32-23+. The molecule has 37 heavy (non-hydrogen) atoms. The Morgan fingerprint density at radius 3 is 2.57 bits per heavy atom. The summed E-state index contributed by atoms with van der Waals surface area (Å²) < 4.78 is 11.7. The molecule has 1 aliphatic rings. The van der Waals surface area contributed by atoms with Gasteiger partial charge in [0.15, 0.2) is 5.76 Å². The van der Waals surface area contributed by atoms with Crippen molar-refractivity contribution in [2.75, 3.05) is 5.32 Å². The van der Waals surface area contributed by atoms with E-state index >= 15 is 0 Å². The second kappa shape index (κ2) is 9.73. The van der Waals surface area contributed by atoms with Crippen LogP contribution in [0.1, 0.15) is 68.1 Å². The highest BCUT2D eigenvalue weighted by atomic mass is 16.4. The molecule has 1 aliphatic carbocycles. The minimum atomic E-state index is -0.290. The molecule has 4 aromatic rings. The highest BCUT2D eigenvalue weighted by molar-refractivity contribution is 6.09. The van der Waals surface area contributed by atoms with Crippen LogP contribution in [-0.4, -0.2) is 17.5 Å². The number of hydrogen-bond donors (Lipinski definition) is 2. The highest BCUT2D eigenvalue weighted by Crippen LogP contribution is 2.31. The minimum Gasteiger partial charge on any atom is -0.464 e. The number of hydrazone groups is 1. The highest BCUT2D eigenvalue weighted by Gasteiger charge is 2.28. The van der Waals surface area contributed by atoms with Gasteiger partial charge in [-0.1, -0.05) is 24.3 Å². The number of nitrogens with one attached hydrogen (secondary N) is 2. The summed E-state index contributed by atoms with van der Waals surface area (Å²) in [6.45, 7) is 9.86. The monoisotopic (exact) mass is 497 g/mol. The van der Waals surface area contributed by atoms with E-state index in [1.54, 1.807) is 6.26 Å². The first-order valence-corrected chi connectivity index (χ1v) is 12.6. The van der Waals surface area contributed by atoms with Crippen LogP contribution >= 0.6 is 0 Å². The Labute approximate surface area is 215 Å². The molecule has 7 nitrogen and oxygen atoms in total. The van der Waals surface area contributed by atoms with Crippen LogP contribution in [-0.2, 0) is 17.6 Å². The lowest BCUT2D eigenvalue weighted by molar-refractivity contribution is -0.120. The van der Waals surface area contributed by atoms with Crippen molar-refractivity contribution in [3.8, 4) is 0 Å². The number of nitrogens with zero attached hydrogens (tertiary/aromatic N) is 1. The number of aryl methyl sites for hydroxylation is 5. The van der Waals surface area contributed by atoms with E-state index in [0.717, 1.165) is 79.9 Å². The molecule has 0 bridgehead atoms. The molecule has 2 amide bonds. The Kier molecular flexibility index (Phi) is 6.46. The van der Waals surface area contributed by atoms with Crippen LogP contribution in [0.15, 0.2) is 50.5 Å². The molecule has 2 N–H and O–H groups in total. The zero-order valence-electron chi connectivity index (χ0n) is 21.9. The van der Waals surface area contributed by atoms with Crippen molar-refractivity contribution < 1.29 is 18.4 Å². The smallest absolute Gasteiger partial charge is 0.291 e. The molecule has 5 rings (SSSR count). The van der Waals surface area contributed by atoms with Crippen molar-refractivity contribution >= 4 is 34.2 Å². The fraction of sp³-hybridized carbons (Fsp3) is 0.300. The van der Waals surface area contributed by atoms with Gasteiger partial charge in [0.1, 0.15) is 11.3 Å². The molecule has 2 aromatic heterocycles. The van der Waals surface area contributed by atoms with Crippen LogP contribution in [0, 0.1) is 34.6 Å². The first-order chi connectivity index (χ1) is 17.7. The molecule has 0 aliphatic heterocycles. The fourth-order valence-electron chi connectivity index (χ4n) is 4.91. The van der Waals surface area contributed by atoms with Gasteiger partial charge in [-0.3, -0.25) is 9.59 Å². The summed E-state index contributed by atoms with van der Waals surface area (Å²) in [7, 11) is 0. The second-order valence-electron chi connectivity index (χ2n) is 9.90. The number of amides is 2. The lowest BCUT2D eigenvalue weighted by atomic mass is 9.93. The molecule has 0 atom stereocenters. The van der Waals surface area contributed by atoms with Crippen molar-refractivity contribution in [1.82, 2.24) is 5.43 Å². The van der Waals surface area contributed by atoms with Crippen LogP contribution in [0.3, 0.4) is 0 Å². The van der Waals surface area contributed by atoms with E-state index in [4.69, 9.17) is 8.83 Å². The Morgan fingerprint density at radius 2 is 1.76 bits per heavy atom. The number of hydrogen-bond acceptors (Lipinski definition) is 5. The maximum Gasteiger partial charge on any atom is 0.291 e. The summed E-state index contributed by atoms with van der Waals surface area (Å²) in [5, 5.41) is 8.37. The summed E-state index contributed by atoms with van der Waals surface area (Å²) in [6, 6.07) is 9.96. The number of fused-ring (bicyclic) bond motifs is 2. The van der Waals surface area contributed by atoms with Crippen LogP contribution in [0.5, 0.6) is 0 Å². The van der Waals surface area contributed by atoms with Gasteiger partial charge in [0.2, 0.25) is 5.91 Å². The molecule has 7 heteroatoms. The molecular formula is C30H31N3O4. The van der Waals surface area contributed by atoms with Gasteiger partial charge in [-0.2, -0.15) is 5.10 Å². The third-order valence-corrected chi connectivity index (χ3v) is 7.18. The van der Waals surface area contributed by atoms with Gasteiger partial charge in [-0.25, -0.2) is 5.43 Å². The zero-order chi connectivity index (χ0) is 26.3. The molecule has 0 fully saturated rings. The average molecular weight is 498 g/mol. The molecule has 0 radical (unpaired) electrons. The summed E-state index contributed by atoms with van der Waals surface area (Å²) in [5.41, 5.74) is 11.7. The van der Waals surface area contributed by atoms with Crippen molar-refractivity contribution in [3.63, 3.8) is 0 Å². The molecule has 2 heterocycles. The minimum absolute atomic E-state index is 0.160. The SMILES string of the molecule is Cc1ccc(C)c(NC(=O)c2oc3c(c2C)/C(=N/NC(=O)Cc2coc4c(C)c(C)ccc24)CCC3)c1. The second-order valence-corrected chi connectivity index (χ2v) is 9.90. The molecule has 2 aromatic carbocycles. The van der Waals surface area contributed by atoms with Crippen LogP contribution < -0.4 is 10.7 Å². The lowest BCUT2D eigenvalue weighted by Gasteiger charge is -2.13. The van der Waals surface area contributed by atoms with Crippen molar-refractivity contribution in [2.45, 2.75) is 60.3 Å². The number of anilines is 1. The maximum absolute atomic E-state index is 13.1. The predicted octanol–water partition coefficient (Wildman–Crippen LogP) is 6.22. The number of carbonyl (C=O) groups excluding carboxylic acids is 2. The normalized spacial score (nSPS) is 14.1. The van der Waals surface area contributed by atoms with E-state index in [9.17, 15) is 9.59 Å². The number of rotatable bonds is 5. The van der Waals surface area contributed by atoms with E-state index in [1.807, 2.05) is 65.0 Å². The Bertz CT molecular complexity index is 1570. The summed E-state index contributed by atoms with van der Waals surface area (Å²) in [6.07, 6.45) is 4.05. The number of carbonyl (C=O) groups is 2. The topological polar surface area (TPSA) is 96.8 Å². The third-order valence-electron chi connectivity index (χ3n) is 7.18. The van der Waals surface area contributed by atoms with Crippen molar-refractivity contribution in [2.24, 2.45) is 5.10 Å². The third kappa shape index (κ3) is 4.69. The molecule has 0 saturated carbocycles. The fourth-order valence-corrected chi connectivity index (χ4v) is 4.91. The van der Waals surface area contributed by atoms with E-state index in [2.05, 4.69) is 15.8 Å². The average Bonchev–Trinajstić information content (AvgIpc) is 3.44. The van der Waals surface area contributed by atoms with Gasteiger partial charge >= 0.3 is 0 Å². The zero-order valence-corrected chi connectivity index (χ0v) is 21.9. The van der Waals surface area contributed by atoms with E-state index < -0.39 is 0 Å². The Morgan fingerprint density at radius 1 is 0.973 bits per heavy atom. The van der Waals surface area contributed by atoms with Gasteiger partial charge in [0.25, 0.3) is 5.91 Å². The van der Waals surface area contributed by atoms with Crippen molar-refractivity contribution in [1.29, 1.82) is 0 Å². The number of furan rings is 2. The summed E-state index contributed by atoms with van der Waals surface area (Å²) in [4.78, 5) is 25.9. The van der Waals surface area contributed by atoms with Gasteiger partial charge < -0.3 is 14.2 Å². The van der Waals surface area contributed by atoms with Crippen LogP contribution in [0.25, 0.3) is 11.0 Å². The van der Waals surface area contributed by atoms with E-state index in [-0.39, 0.29) is 24.0 Å². The largest absolute Gasteiger partial charge is 0.464 e. The van der Waals surface area contributed by atoms with Gasteiger partial charge in [-0.15, -0.1) is 0 Å². The Hall–Kier alpha value is -4.13. The molecule has 190 valence electrons. The first-order valence-electron chi connectivity index (χ1n) is 12.6. The quantitative estimate of drug-likeness (QED) is 0.320. The first kappa shape index (κ1) is 24.6. The van der Waals surface area contributed by atoms with Gasteiger partial charge in [0.05, 0.1) is 18.4 Å². The van der Waals surface area contributed by atoms with Crippen LogP contribution in [0.2, 0.25) is 0 Å². The van der Waals surface area contributed by atoms with Gasteiger partial charge in [0, 0.05) is 34.2 Å². The predicted molar refractivity (Wildman–Crippen MR) is 144 cm³/mol. The van der Waals surface area contributed by atoms with Gasteiger partial charge in [-0.05, 0) is 75.8 Å². The maximum atomic E-state index is 13.1. The molecule has 0 unspecified atom stereocenters. The van der Waals surface area contributed by atoms with Crippen LogP contribution in [0.4, 0.5) is 5.69 Å². The van der Waals surface area contributed by atoms with Crippen molar-refractivity contribution in [3.05, 3.63) is 87.1 Å². The van der Waals surface area contributed by atoms with E-state index in [0.29, 0.717) is 6.42 Å². The van der Waals surface area contributed by atoms with E-state index in [1.165, 1.54) is 0 Å². The summed E-state index contributed by atoms with van der Waals surface area (Å²) in [5.74, 6) is 0.493. The number of benzene rings is 2. The Balaban J connectivity index is 1.34. The summed E-state index contributed by atoms with van der Waals surface area (Å²) >= 11 is 0. The molecular weight excluding hydrogens is 466 g/mol. The molecule has 0 spiro atoms. The molecule has 0 saturated heterocycles. The lowest BCUT2D eigenvalue weighted by Crippen LogP contribution is -2.23.